The Labute approximate surface area is 111 Å². The van der Waals surface area contributed by atoms with E-state index in [9.17, 15) is 4.79 Å². The second-order valence-corrected chi connectivity index (χ2v) is 5.50. The molecule has 1 aromatic rings. The molecule has 1 heterocycles. The summed E-state index contributed by atoms with van der Waals surface area (Å²) in [5.41, 5.74) is 7.41. The lowest BCUT2D eigenvalue weighted by Crippen LogP contribution is -2.30. The molecule has 1 amide bonds. The van der Waals surface area contributed by atoms with Gasteiger partial charge < -0.3 is 15.8 Å². The number of carbonyl (C=O) groups excluding carboxylic acids is 1. The average Bonchev–Trinajstić information content (AvgIpc) is 2.90. The Morgan fingerprint density at radius 2 is 2.44 bits per heavy atom. The molecule has 1 aromatic carbocycles. The van der Waals surface area contributed by atoms with Gasteiger partial charge in [0.2, 0.25) is 5.91 Å². The van der Waals surface area contributed by atoms with Gasteiger partial charge in [-0.25, -0.2) is 0 Å². The normalized spacial score (nSPS) is 18.6. The van der Waals surface area contributed by atoms with Gasteiger partial charge in [0.15, 0.2) is 0 Å². The minimum Gasteiger partial charge on any atom is -0.495 e. The highest BCUT2D eigenvalue weighted by Crippen LogP contribution is 2.24. The maximum atomic E-state index is 11.8. The lowest BCUT2D eigenvalue weighted by molar-refractivity contribution is -0.124. The van der Waals surface area contributed by atoms with Crippen LogP contribution in [0.2, 0.25) is 0 Å². The van der Waals surface area contributed by atoms with Gasteiger partial charge in [-0.15, -0.1) is 0 Å². The standard InChI is InChI=1S/C13H18N2O2S/c1-17-12-3-2-9(6-11(12)14)7-15-13(16)10-4-5-18-8-10/h2-3,6,10H,4-5,7-8,14H2,1H3,(H,15,16). The third-order valence-corrected chi connectivity index (χ3v) is 4.22. The van der Waals surface area contributed by atoms with Crippen LogP contribution in [0.4, 0.5) is 5.69 Å². The molecule has 1 aliphatic heterocycles. The van der Waals surface area contributed by atoms with Crippen LogP contribution in [0.25, 0.3) is 0 Å². The Kier molecular flexibility index (Phi) is 4.36. The zero-order valence-corrected chi connectivity index (χ0v) is 11.3. The summed E-state index contributed by atoms with van der Waals surface area (Å²) in [5, 5.41) is 2.96. The van der Waals surface area contributed by atoms with Gasteiger partial charge in [-0.1, -0.05) is 6.07 Å². The van der Waals surface area contributed by atoms with Crippen molar-refractivity contribution in [3.8, 4) is 5.75 Å². The number of hydrogen-bond donors (Lipinski definition) is 2. The zero-order valence-electron chi connectivity index (χ0n) is 10.4. The van der Waals surface area contributed by atoms with E-state index >= 15 is 0 Å². The summed E-state index contributed by atoms with van der Waals surface area (Å²) in [7, 11) is 1.59. The second-order valence-electron chi connectivity index (χ2n) is 4.35. The summed E-state index contributed by atoms with van der Waals surface area (Å²) in [6.07, 6.45) is 0.987. The van der Waals surface area contributed by atoms with Gasteiger partial charge in [-0.2, -0.15) is 11.8 Å². The first kappa shape index (κ1) is 13.1. The summed E-state index contributed by atoms with van der Waals surface area (Å²) in [5.74, 6) is 3.02. The van der Waals surface area contributed by atoms with Crippen molar-refractivity contribution in [2.75, 3.05) is 24.3 Å². The van der Waals surface area contributed by atoms with Crippen LogP contribution in [-0.4, -0.2) is 24.5 Å². The summed E-state index contributed by atoms with van der Waals surface area (Å²) < 4.78 is 5.09. The van der Waals surface area contributed by atoms with Crippen molar-refractivity contribution in [2.45, 2.75) is 13.0 Å². The quantitative estimate of drug-likeness (QED) is 0.813. The van der Waals surface area contributed by atoms with Crippen molar-refractivity contribution in [2.24, 2.45) is 5.92 Å². The molecule has 2 rings (SSSR count). The van der Waals surface area contributed by atoms with Crippen molar-refractivity contribution >= 4 is 23.4 Å². The van der Waals surface area contributed by atoms with Gasteiger partial charge in [-0.05, 0) is 29.9 Å². The fourth-order valence-corrected chi connectivity index (χ4v) is 3.19. The first-order valence-corrected chi connectivity index (χ1v) is 7.14. The van der Waals surface area contributed by atoms with E-state index in [1.807, 2.05) is 30.0 Å². The van der Waals surface area contributed by atoms with Crippen molar-refractivity contribution in [1.29, 1.82) is 0 Å². The number of amides is 1. The number of nitrogen functional groups attached to an aromatic ring is 1. The monoisotopic (exact) mass is 266 g/mol. The molecule has 0 aromatic heterocycles. The molecule has 1 saturated heterocycles. The minimum atomic E-state index is 0.148. The Bertz CT molecular complexity index is 431. The third-order valence-electron chi connectivity index (χ3n) is 3.06. The van der Waals surface area contributed by atoms with Crippen LogP contribution in [0.5, 0.6) is 5.75 Å². The number of nitrogens with two attached hydrogens (primary N) is 1. The fourth-order valence-electron chi connectivity index (χ4n) is 1.97. The van der Waals surface area contributed by atoms with Crippen molar-refractivity contribution < 1.29 is 9.53 Å². The number of rotatable bonds is 4. The molecule has 0 spiro atoms. The largest absolute Gasteiger partial charge is 0.495 e. The smallest absolute Gasteiger partial charge is 0.224 e. The lowest BCUT2D eigenvalue weighted by Gasteiger charge is -2.11. The zero-order chi connectivity index (χ0) is 13.0. The molecule has 0 aliphatic carbocycles. The predicted molar refractivity (Wildman–Crippen MR) is 74.7 cm³/mol. The molecule has 1 aliphatic rings. The first-order chi connectivity index (χ1) is 8.70. The van der Waals surface area contributed by atoms with Gasteiger partial charge in [0.25, 0.3) is 0 Å². The number of thioether (sulfide) groups is 1. The van der Waals surface area contributed by atoms with Crippen LogP contribution in [0.15, 0.2) is 18.2 Å². The van der Waals surface area contributed by atoms with E-state index in [0.29, 0.717) is 18.0 Å². The van der Waals surface area contributed by atoms with Crippen molar-refractivity contribution in [3.05, 3.63) is 23.8 Å². The number of ether oxygens (including phenoxy) is 1. The minimum absolute atomic E-state index is 0.148. The number of anilines is 1. The maximum absolute atomic E-state index is 11.8. The van der Waals surface area contributed by atoms with Crippen LogP contribution in [0.1, 0.15) is 12.0 Å². The molecule has 1 atom stereocenters. The number of benzene rings is 1. The van der Waals surface area contributed by atoms with Crippen LogP contribution < -0.4 is 15.8 Å². The van der Waals surface area contributed by atoms with Gasteiger partial charge >= 0.3 is 0 Å². The first-order valence-electron chi connectivity index (χ1n) is 5.98. The summed E-state index contributed by atoms with van der Waals surface area (Å²) >= 11 is 1.84. The summed E-state index contributed by atoms with van der Waals surface area (Å²) in [6, 6.07) is 5.57. The van der Waals surface area contributed by atoms with E-state index in [1.165, 1.54) is 0 Å². The maximum Gasteiger partial charge on any atom is 0.224 e. The van der Waals surface area contributed by atoms with E-state index in [0.717, 1.165) is 23.5 Å². The van der Waals surface area contributed by atoms with Gasteiger partial charge in [0.05, 0.1) is 12.8 Å². The Morgan fingerprint density at radius 3 is 3.06 bits per heavy atom. The highest BCUT2D eigenvalue weighted by atomic mass is 32.2. The third kappa shape index (κ3) is 3.10. The van der Waals surface area contributed by atoms with Gasteiger partial charge in [0, 0.05) is 18.2 Å². The van der Waals surface area contributed by atoms with E-state index in [2.05, 4.69) is 5.32 Å². The molecule has 1 unspecified atom stereocenters. The van der Waals surface area contributed by atoms with Crippen molar-refractivity contribution in [1.82, 2.24) is 5.32 Å². The van der Waals surface area contributed by atoms with E-state index in [-0.39, 0.29) is 11.8 Å². The number of methoxy groups -OCH3 is 1. The molecule has 5 heteroatoms. The van der Waals surface area contributed by atoms with Crippen LogP contribution >= 0.6 is 11.8 Å². The molecule has 0 radical (unpaired) electrons. The lowest BCUT2D eigenvalue weighted by atomic mass is 10.1. The molecular weight excluding hydrogens is 248 g/mol. The number of carbonyl (C=O) groups is 1. The van der Waals surface area contributed by atoms with E-state index < -0.39 is 0 Å². The molecule has 18 heavy (non-hydrogen) atoms. The summed E-state index contributed by atoms with van der Waals surface area (Å²) in [4.78, 5) is 11.8. The molecule has 4 nitrogen and oxygen atoms in total. The number of hydrogen-bond acceptors (Lipinski definition) is 4. The van der Waals surface area contributed by atoms with E-state index in [1.54, 1.807) is 7.11 Å². The Hall–Kier alpha value is -1.36. The topological polar surface area (TPSA) is 64.3 Å². The molecule has 1 fully saturated rings. The molecular formula is C13H18N2O2S. The second kappa shape index (κ2) is 6.00. The fraction of sp³-hybridized carbons (Fsp3) is 0.462. The van der Waals surface area contributed by atoms with Gasteiger partial charge in [0.1, 0.15) is 5.75 Å². The SMILES string of the molecule is COc1ccc(CNC(=O)C2CCSC2)cc1N. The molecule has 0 saturated carbocycles. The molecule has 98 valence electrons. The van der Waals surface area contributed by atoms with E-state index in [4.69, 9.17) is 10.5 Å². The molecule has 0 bridgehead atoms. The average molecular weight is 266 g/mol. The number of nitrogens with one attached hydrogen (secondary N) is 1. The highest BCUT2D eigenvalue weighted by Gasteiger charge is 2.22. The summed E-state index contributed by atoms with van der Waals surface area (Å²) in [6.45, 7) is 0.522. The van der Waals surface area contributed by atoms with Gasteiger partial charge in [-0.3, -0.25) is 4.79 Å². The van der Waals surface area contributed by atoms with Crippen molar-refractivity contribution in [3.63, 3.8) is 0 Å². The highest BCUT2D eigenvalue weighted by molar-refractivity contribution is 7.99. The van der Waals surface area contributed by atoms with Crippen LogP contribution in [0.3, 0.4) is 0 Å². The predicted octanol–water partition coefficient (Wildman–Crippen LogP) is 1.65. The molecule has 3 N–H and O–H groups in total. The van der Waals surface area contributed by atoms with Crippen LogP contribution in [0, 0.1) is 5.92 Å². The Balaban J connectivity index is 1.89. The van der Waals surface area contributed by atoms with Crippen LogP contribution in [-0.2, 0) is 11.3 Å². The Morgan fingerprint density at radius 1 is 1.61 bits per heavy atom.